The van der Waals surface area contributed by atoms with Gasteiger partial charge in [0, 0.05) is 19.8 Å². The second kappa shape index (κ2) is 5.48. The first-order chi connectivity index (χ1) is 9.11. The number of rotatable bonds is 3. The standard InChI is InChI=1S/C14H16N4O/c1-10-4-6-11(7-5-10)18(3)14(19)12-8-16-9-13(15-2)17-12/h4-9H,1-3H3,(H,15,17). The summed E-state index contributed by atoms with van der Waals surface area (Å²) in [6, 6.07) is 7.74. The molecule has 1 heterocycles. The Morgan fingerprint density at radius 2 is 1.89 bits per heavy atom. The topological polar surface area (TPSA) is 58.1 Å². The number of aromatic nitrogens is 2. The third kappa shape index (κ3) is 2.88. The average Bonchev–Trinajstić information content (AvgIpc) is 2.46. The van der Waals surface area contributed by atoms with Crippen LogP contribution in [0.1, 0.15) is 16.1 Å². The number of anilines is 2. The number of hydrogen-bond acceptors (Lipinski definition) is 4. The highest BCUT2D eigenvalue weighted by atomic mass is 16.2. The van der Waals surface area contributed by atoms with E-state index >= 15 is 0 Å². The fraction of sp³-hybridized carbons (Fsp3) is 0.214. The molecular formula is C14H16N4O. The quantitative estimate of drug-likeness (QED) is 0.913. The molecule has 0 spiro atoms. The zero-order valence-corrected chi connectivity index (χ0v) is 11.2. The van der Waals surface area contributed by atoms with Crippen LogP contribution in [-0.2, 0) is 0 Å². The summed E-state index contributed by atoms with van der Waals surface area (Å²) in [4.78, 5) is 22.0. The minimum absolute atomic E-state index is 0.187. The van der Waals surface area contributed by atoms with Crippen LogP contribution in [-0.4, -0.2) is 30.0 Å². The fourth-order valence-corrected chi connectivity index (χ4v) is 1.65. The fourth-order valence-electron chi connectivity index (χ4n) is 1.65. The molecule has 98 valence electrons. The van der Waals surface area contributed by atoms with E-state index < -0.39 is 0 Å². The summed E-state index contributed by atoms with van der Waals surface area (Å²) in [5.41, 5.74) is 2.30. The van der Waals surface area contributed by atoms with Crippen LogP contribution in [0.3, 0.4) is 0 Å². The molecule has 0 saturated heterocycles. The minimum atomic E-state index is -0.187. The summed E-state index contributed by atoms with van der Waals surface area (Å²) in [6.07, 6.45) is 3.04. The highest BCUT2D eigenvalue weighted by molar-refractivity contribution is 6.04. The predicted octanol–water partition coefficient (Wildman–Crippen LogP) is 2.10. The van der Waals surface area contributed by atoms with Gasteiger partial charge in [-0.2, -0.15) is 0 Å². The maximum absolute atomic E-state index is 12.3. The molecular weight excluding hydrogens is 240 g/mol. The van der Waals surface area contributed by atoms with E-state index in [2.05, 4.69) is 15.3 Å². The van der Waals surface area contributed by atoms with E-state index in [1.807, 2.05) is 31.2 Å². The molecule has 0 radical (unpaired) electrons. The molecule has 0 atom stereocenters. The summed E-state index contributed by atoms with van der Waals surface area (Å²) in [5.74, 6) is 0.386. The monoisotopic (exact) mass is 256 g/mol. The van der Waals surface area contributed by atoms with Crippen LogP contribution in [0.4, 0.5) is 11.5 Å². The summed E-state index contributed by atoms with van der Waals surface area (Å²) in [7, 11) is 3.46. The van der Waals surface area contributed by atoms with E-state index in [-0.39, 0.29) is 5.91 Å². The molecule has 0 fully saturated rings. The summed E-state index contributed by atoms with van der Waals surface area (Å²) < 4.78 is 0. The molecule has 1 amide bonds. The van der Waals surface area contributed by atoms with Gasteiger partial charge in [-0.3, -0.25) is 9.78 Å². The lowest BCUT2D eigenvalue weighted by molar-refractivity contribution is 0.0988. The first kappa shape index (κ1) is 13.0. The van der Waals surface area contributed by atoms with Crippen molar-refractivity contribution in [1.29, 1.82) is 0 Å². The van der Waals surface area contributed by atoms with Crippen LogP contribution in [0.2, 0.25) is 0 Å². The molecule has 0 saturated carbocycles. The van der Waals surface area contributed by atoms with Crippen molar-refractivity contribution in [2.24, 2.45) is 0 Å². The first-order valence-electron chi connectivity index (χ1n) is 5.96. The van der Waals surface area contributed by atoms with Gasteiger partial charge in [0.15, 0.2) is 0 Å². The summed E-state index contributed by atoms with van der Waals surface area (Å²) in [5, 5.41) is 2.86. The van der Waals surface area contributed by atoms with Gasteiger partial charge >= 0.3 is 0 Å². The Kier molecular flexibility index (Phi) is 3.75. The van der Waals surface area contributed by atoms with E-state index in [1.165, 1.54) is 6.20 Å². The van der Waals surface area contributed by atoms with Crippen LogP contribution in [0.25, 0.3) is 0 Å². The second-order valence-electron chi connectivity index (χ2n) is 4.24. The Balaban J connectivity index is 2.25. The van der Waals surface area contributed by atoms with Crippen LogP contribution < -0.4 is 10.2 Å². The van der Waals surface area contributed by atoms with Crippen molar-refractivity contribution in [2.75, 3.05) is 24.3 Å². The Hall–Kier alpha value is -2.43. The largest absolute Gasteiger partial charge is 0.372 e. The maximum Gasteiger partial charge on any atom is 0.278 e. The van der Waals surface area contributed by atoms with Gasteiger partial charge in [0.1, 0.15) is 11.5 Å². The second-order valence-corrected chi connectivity index (χ2v) is 4.24. The Morgan fingerprint density at radius 3 is 2.53 bits per heavy atom. The van der Waals surface area contributed by atoms with Gasteiger partial charge in [0.25, 0.3) is 5.91 Å². The Morgan fingerprint density at radius 1 is 1.21 bits per heavy atom. The van der Waals surface area contributed by atoms with Crippen molar-refractivity contribution in [3.05, 3.63) is 47.9 Å². The number of hydrogen-bond donors (Lipinski definition) is 1. The molecule has 1 aromatic carbocycles. The molecule has 0 aliphatic rings. The van der Waals surface area contributed by atoms with Crippen molar-refractivity contribution in [1.82, 2.24) is 9.97 Å². The third-order valence-corrected chi connectivity index (χ3v) is 2.84. The van der Waals surface area contributed by atoms with Gasteiger partial charge in [0.05, 0.1) is 12.4 Å². The number of nitrogens with one attached hydrogen (secondary N) is 1. The molecule has 0 aliphatic heterocycles. The number of carbonyl (C=O) groups is 1. The van der Waals surface area contributed by atoms with E-state index in [9.17, 15) is 4.79 Å². The van der Waals surface area contributed by atoms with Crippen molar-refractivity contribution >= 4 is 17.4 Å². The highest BCUT2D eigenvalue weighted by Gasteiger charge is 2.15. The van der Waals surface area contributed by atoms with Crippen LogP contribution in [0, 0.1) is 6.92 Å². The van der Waals surface area contributed by atoms with E-state index in [0.29, 0.717) is 11.5 Å². The van der Waals surface area contributed by atoms with E-state index in [4.69, 9.17) is 0 Å². The Labute approximate surface area is 112 Å². The molecule has 5 heteroatoms. The van der Waals surface area contributed by atoms with Gasteiger partial charge in [-0.15, -0.1) is 0 Å². The number of amides is 1. The van der Waals surface area contributed by atoms with Crippen molar-refractivity contribution in [3.8, 4) is 0 Å². The molecule has 0 aliphatic carbocycles. The molecule has 19 heavy (non-hydrogen) atoms. The lowest BCUT2D eigenvalue weighted by Gasteiger charge is -2.17. The van der Waals surface area contributed by atoms with Crippen LogP contribution in [0.15, 0.2) is 36.7 Å². The van der Waals surface area contributed by atoms with Gasteiger partial charge in [-0.1, -0.05) is 17.7 Å². The third-order valence-electron chi connectivity index (χ3n) is 2.84. The van der Waals surface area contributed by atoms with Crippen LogP contribution in [0.5, 0.6) is 0 Å². The normalized spacial score (nSPS) is 10.1. The molecule has 0 bridgehead atoms. The van der Waals surface area contributed by atoms with E-state index in [0.717, 1.165) is 11.3 Å². The van der Waals surface area contributed by atoms with Gasteiger partial charge in [0.2, 0.25) is 0 Å². The first-order valence-corrected chi connectivity index (χ1v) is 5.96. The number of aryl methyl sites for hydroxylation is 1. The molecule has 0 unspecified atom stereocenters. The molecule has 1 N–H and O–H groups in total. The lowest BCUT2D eigenvalue weighted by Crippen LogP contribution is -2.27. The summed E-state index contributed by atoms with van der Waals surface area (Å²) >= 11 is 0. The molecule has 2 rings (SSSR count). The zero-order valence-electron chi connectivity index (χ0n) is 11.2. The van der Waals surface area contributed by atoms with Crippen LogP contribution >= 0.6 is 0 Å². The molecule has 1 aromatic heterocycles. The number of nitrogens with zero attached hydrogens (tertiary/aromatic N) is 3. The number of benzene rings is 1. The minimum Gasteiger partial charge on any atom is -0.372 e. The lowest BCUT2D eigenvalue weighted by atomic mass is 10.2. The van der Waals surface area contributed by atoms with E-state index in [1.54, 1.807) is 25.2 Å². The van der Waals surface area contributed by atoms with Crippen molar-refractivity contribution in [3.63, 3.8) is 0 Å². The van der Waals surface area contributed by atoms with Gasteiger partial charge < -0.3 is 10.2 Å². The average molecular weight is 256 g/mol. The molecule has 5 nitrogen and oxygen atoms in total. The zero-order chi connectivity index (χ0) is 13.8. The SMILES string of the molecule is CNc1cncc(C(=O)N(C)c2ccc(C)cc2)n1. The molecule has 2 aromatic rings. The van der Waals surface area contributed by atoms with Gasteiger partial charge in [-0.25, -0.2) is 4.98 Å². The van der Waals surface area contributed by atoms with Gasteiger partial charge in [-0.05, 0) is 19.1 Å². The predicted molar refractivity (Wildman–Crippen MR) is 75.5 cm³/mol. The van der Waals surface area contributed by atoms with Crippen molar-refractivity contribution in [2.45, 2.75) is 6.92 Å². The smallest absolute Gasteiger partial charge is 0.278 e. The summed E-state index contributed by atoms with van der Waals surface area (Å²) in [6.45, 7) is 2.01. The number of carbonyl (C=O) groups excluding carboxylic acids is 1. The highest BCUT2D eigenvalue weighted by Crippen LogP contribution is 2.15. The Bertz CT molecular complexity index is 580. The van der Waals surface area contributed by atoms with Crippen molar-refractivity contribution < 1.29 is 4.79 Å². The maximum atomic E-state index is 12.3.